The molecule has 3 rings (SSSR count). The van der Waals surface area contributed by atoms with Crippen molar-refractivity contribution in [2.75, 3.05) is 6.26 Å². The highest BCUT2D eigenvalue weighted by Crippen LogP contribution is 2.68. The van der Waals surface area contributed by atoms with Crippen LogP contribution >= 0.6 is 11.3 Å². The summed E-state index contributed by atoms with van der Waals surface area (Å²) in [6.45, 7) is 4.32. The van der Waals surface area contributed by atoms with Crippen LogP contribution in [0.2, 0.25) is 0 Å². The Kier molecular flexibility index (Phi) is 2.85. The van der Waals surface area contributed by atoms with E-state index in [4.69, 9.17) is 4.52 Å². The molecule has 1 aliphatic carbocycles. The Bertz CT molecular complexity index is 732. The van der Waals surface area contributed by atoms with E-state index >= 15 is 0 Å². The second-order valence-corrected chi connectivity index (χ2v) is 9.12. The molecule has 108 valence electrons. The third-order valence-corrected chi connectivity index (χ3v) is 5.72. The van der Waals surface area contributed by atoms with Gasteiger partial charge in [0.05, 0.1) is 5.41 Å². The standard InChI is InChI=1S/C13H16N2O3S2/c1-12(2)8-13(12,9-5-4-6-19-9)11-14-10(15-18-11)7-20(3,16)17/h4-6H,7-8H2,1-3H3/t13-/m0/s1. The molecule has 2 heterocycles. The molecule has 0 aromatic carbocycles. The number of thiophene rings is 1. The summed E-state index contributed by atoms with van der Waals surface area (Å²) in [7, 11) is -3.15. The lowest BCUT2D eigenvalue weighted by Crippen LogP contribution is -2.15. The van der Waals surface area contributed by atoms with Crippen LogP contribution in [0.5, 0.6) is 0 Å². The van der Waals surface area contributed by atoms with Gasteiger partial charge in [-0.3, -0.25) is 0 Å². The number of aromatic nitrogens is 2. The number of rotatable bonds is 4. The van der Waals surface area contributed by atoms with Gasteiger partial charge in [-0.15, -0.1) is 11.3 Å². The van der Waals surface area contributed by atoms with Crippen molar-refractivity contribution < 1.29 is 12.9 Å². The summed E-state index contributed by atoms with van der Waals surface area (Å²) in [4.78, 5) is 5.52. The summed E-state index contributed by atoms with van der Waals surface area (Å²) in [6, 6.07) is 4.07. The molecule has 0 bridgehead atoms. The molecule has 0 radical (unpaired) electrons. The van der Waals surface area contributed by atoms with Crippen LogP contribution in [0.4, 0.5) is 0 Å². The number of nitrogens with zero attached hydrogens (tertiary/aromatic N) is 2. The zero-order valence-corrected chi connectivity index (χ0v) is 13.2. The molecule has 20 heavy (non-hydrogen) atoms. The van der Waals surface area contributed by atoms with Crippen LogP contribution in [0.25, 0.3) is 0 Å². The van der Waals surface area contributed by atoms with Crippen molar-refractivity contribution in [2.24, 2.45) is 5.41 Å². The molecule has 0 N–H and O–H groups in total. The summed E-state index contributed by atoms with van der Waals surface area (Å²) >= 11 is 1.67. The van der Waals surface area contributed by atoms with Gasteiger partial charge in [0.1, 0.15) is 5.75 Å². The minimum Gasteiger partial charge on any atom is -0.338 e. The Balaban J connectivity index is 2.00. The summed E-state index contributed by atoms with van der Waals surface area (Å²) in [6.07, 6.45) is 2.10. The van der Waals surface area contributed by atoms with Crippen LogP contribution in [0, 0.1) is 5.41 Å². The molecule has 0 spiro atoms. The highest BCUT2D eigenvalue weighted by Gasteiger charge is 2.67. The minimum atomic E-state index is -3.15. The van der Waals surface area contributed by atoms with E-state index in [2.05, 4.69) is 30.1 Å². The largest absolute Gasteiger partial charge is 0.338 e. The SMILES string of the molecule is CC1(C)C[C@@]1(c1nc(CS(C)(=O)=O)no1)c1cccs1. The van der Waals surface area contributed by atoms with Crippen LogP contribution in [-0.4, -0.2) is 24.8 Å². The Morgan fingerprint density at radius 3 is 2.65 bits per heavy atom. The highest BCUT2D eigenvalue weighted by molar-refractivity contribution is 7.89. The van der Waals surface area contributed by atoms with Crippen LogP contribution in [-0.2, 0) is 21.0 Å². The van der Waals surface area contributed by atoms with E-state index < -0.39 is 9.84 Å². The van der Waals surface area contributed by atoms with Gasteiger partial charge >= 0.3 is 0 Å². The molecule has 0 aliphatic heterocycles. The van der Waals surface area contributed by atoms with Crippen molar-refractivity contribution in [3.05, 3.63) is 34.1 Å². The van der Waals surface area contributed by atoms with Crippen molar-refractivity contribution in [1.29, 1.82) is 0 Å². The normalized spacial score (nSPS) is 24.8. The molecule has 0 amide bonds. The van der Waals surface area contributed by atoms with E-state index in [1.54, 1.807) is 11.3 Å². The zero-order chi connectivity index (χ0) is 14.6. The molecule has 1 fully saturated rings. The maximum absolute atomic E-state index is 11.3. The minimum absolute atomic E-state index is 0.0484. The van der Waals surface area contributed by atoms with Gasteiger partial charge in [-0.25, -0.2) is 8.42 Å². The van der Waals surface area contributed by atoms with Gasteiger partial charge in [-0.1, -0.05) is 25.1 Å². The van der Waals surface area contributed by atoms with Gasteiger partial charge in [0, 0.05) is 11.1 Å². The average molecular weight is 312 g/mol. The molecule has 0 unspecified atom stereocenters. The number of hydrogen-bond donors (Lipinski definition) is 0. The van der Waals surface area contributed by atoms with E-state index in [1.807, 2.05) is 11.4 Å². The van der Waals surface area contributed by atoms with Gasteiger partial charge in [-0.2, -0.15) is 4.98 Å². The van der Waals surface area contributed by atoms with E-state index in [0.29, 0.717) is 5.89 Å². The molecule has 7 heteroatoms. The first-order chi connectivity index (χ1) is 9.25. The first-order valence-corrected chi connectivity index (χ1v) is 9.23. The van der Waals surface area contributed by atoms with Crippen molar-refractivity contribution in [3.8, 4) is 0 Å². The van der Waals surface area contributed by atoms with E-state index in [1.165, 1.54) is 11.1 Å². The van der Waals surface area contributed by atoms with Crippen LogP contribution in [0.3, 0.4) is 0 Å². The van der Waals surface area contributed by atoms with Crippen molar-refractivity contribution in [1.82, 2.24) is 10.1 Å². The first-order valence-electron chi connectivity index (χ1n) is 6.29. The van der Waals surface area contributed by atoms with Crippen LogP contribution < -0.4 is 0 Å². The number of sulfone groups is 1. The monoisotopic (exact) mass is 312 g/mol. The lowest BCUT2D eigenvalue weighted by molar-refractivity contribution is 0.338. The van der Waals surface area contributed by atoms with Crippen LogP contribution in [0.15, 0.2) is 22.0 Å². The van der Waals surface area contributed by atoms with Gasteiger partial charge in [0.2, 0.25) is 5.89 Å². The quantitative estimate of drug-likeness (QED) is 0.866. The lowest BCUT2D eigenvalue weighted by Gasteiger charge is -2.14. The van der Waals surface area contributed by atoms with Crippen molar-refractivity contribution in [2.45, 2.75) is 31.4 Å². The molecular weight excluding hydrogens is 296 g/mol. The average Bonchev–Trinajstić information content (AvgIpc) is 2.80. The lowest BCUT2D eigenvalue weighted by atomic mass is 9.94. The maximum Gasteiger partial charge on any atom is 0.238 e. The molecule has 0 saturated heterocycles. The third kappa shape index (κ3) is 2.09. The van der Waals surface area contributed by atoms with Crippen molar-refractivity contribution >= 4 is 21.2 Å². The predicted octanol–water partition coefficient (Wildman–Crippen LogP) is 2.39. The smallest absolute Gasteiger partial charge is 0.238 e. The summed E-state index contributed by atoms with van der Waals surface area (Å²) in [5.74, 6) is 0.585. The summed E-state index contributed by atoms with van der Waals surface area (Å²) in [5, 5.41) is 5.85. The molecule has 2 aromatic rings. The van der Waals surface area contributed by atoms with Crippen LogP contribution in [0.1, 0.15) is 36.9 Å². The molecular formula is C13H16N2O3S2. The second-order valence-electron chi connectivity index (χ2n) is 6.03. The van der Waals surface area contributed by atoms with Gasteiger partial charge < -0.3 is 4.52 Å². The maximum atomic E-state index is 11.3. The fourth-order valence-electron chi connectivity index (χ4n) is 2.75. The fraction of sp³-hybridized carbons (Fsp3) is 0.538. The topological polar surface area (TPSA) is 73.1 Å². The van der Waals surface area contributed by atoms with Gasteiger partial charge in [0.25, 0.3) is 0 Å². The van der Waals surface area contributed by atoms with E-state index in [9.17, 15) is 8.42 Å². The molecule has 1 saturated carbocycles. The third-order valence-electron chi connectivity index (χ3n) is 3.90. The van der Waals surface area contributed by atoms with Gasteiger partial charge in [-0.05, 0) is 23.3 Å². The Morgan fingerprint density at radius 2 is 2.15 bits per heavy atom. The molecule has 1 aliphatic rings. The van der Waals surface area contributed by atoms with Gasteiger partial charge in [0.15, 0.2) is 15.7 Å². The highest BCUT2D eigenvalue weighted by atomic mass is 32.2. The second kappa shape index (κ2) is 4.14. The number of hydrogen-bond acceptors (Lipinski definition) is 6. The zero-order valence-electron chi connectivity index (χ0n) is 11.6. The van der Waals surface area contributed by atoms with Crippen molar-refractivity contribution in [3.63, 3.8) is 0 Å². The predicted molar refractivity (Wildman–Crippen MR) is 76.3 cm³/mol. The summed E-state index contributed by atoms with van der Waals surface area (Å²) < 4.78 is 28.0. The van der Waals surface area contributed by atoms with E-state index in [0.717, 1.165) is 6.42 Å². The Labute approximate surface area is 121 Å². The molecule has 5 nitrogen and oxygen atoms in total. The fourth-order valence-corrected chi connectivity index (χ4v) is 4.44. The Morgan fingerprint density at radius 1 is 1.45 bits per heavy atom. The molecule has 1 atom stereocenters. The molecule has 2 aromatic heterocycles. The van der Waals surface area contributed by atoms with E-state index in [-0.39, 0.29) is 22.4 Å². The first kappa shape index (κ1) is 13.8. The summed E-state index contributed by atoms with van der Waals surface area (Å²) in [5.41, 5.74) is -0.212. The Hall–Kier alpha value is -1.21.